The lowest BCUT2D eigenvalue weighted by atomic mass is 10.1. The van der Waals surface area contributed by atoms with Gasteiger partial charge in [0.15, 0.2) is 0 Å². The van der Waals surface area contributed by atoms with Crippen LogP contribution in [-0.2, 0) is 4.79 Å². The van der Waals surface area contributed by atoms with E-state index in [1.165, 1.54) is 0 Å². The van der Waals surface area contributed by atoms with Crippen LogP contribution in [0.4, 0.5) is 0 Å². The minimum Gasteiger partial charge on any atom is -0.497 e. The first kappa shape index (κ1) is 15.9. The molecule has 1 fully saturated rings. The van der Waals surface area contributed by atoms with Crippen molar-refractivity contribution in [1.29, 1.82) is 0 Å². The van der Waals surface area contributed by atoms with Crippen LogP contribution in [0.5, 0.6) is 11.5 Å². The molecule has 1 aliphatic heterocycles. The number of rotatable bonds is 6. The maximum Gasteiger partial charge on any atom is 0.238 e. The third kappa shape index (κ3) is 4.26. The molecular weight excluding hydrogens is 292 g/mol. The first-order valence-electron chi connectivity index (χ1n) is 6.64. The molecule has 0 bridgehead atoms. The van der Waals surface area contributed by atoms with E-state index in [0.29, 0.717) is 17.1 Å². The number of methoxy groups -OCH3 is 2. The highest BCUT2D eigenvalue weighted by Crippen LogP contribution is 2.26. The lowest BCUT2D eigenvalue weighted by molar-refractivity contribution is -0.122. The quantitative estimate of drug-likeness (QED) is 0.710. The normalized spacial score (nSPS) is 19.1. The lowest BCUT2D eigenvalue weighted by Crippen LogP contribution is -2.43. The SMILES string of the molecule is COc1cc(OC)cc(C(O)CNC(=O)C2CSCN2)c1. The summed E-state index contributed by atoms with van der Waals surface area (Å²) in [5.41, 5.74) is 0.639. The molecule has 0 saturated carbocycles. The molecule has 1 aromatic carbocycles. The highest BCUT2D eigenvalue weighted by molar-refractivity contribution is 7.99. The summed E-state index contributed by atoms with van der Waals surface area (Å²) >= 11 is 1.68. The number of thioether (sulfide) groups is 1. The van der Waals surface area contributed by atoms with E-state index in [9.17, 15) is 9.90 Å². The fourth-order valence-electron chi connectivity index (χ4n) is 2.02. The summed E-state index contributed by atoms with van der Waals surface area (Å²) in [6, 6.07) is 5.00. The molecule has 1 saturated heterocycles. The Kier molecular flexibility index (Phi) is 5.72. The highest BCUT2D eigenvalue weighted by Gasteiger charge is 2.23. The van der Waals surface area contributed by atoms with Crippen molar-refractivity contribution in [3.05, 3.63) is 23.8 Å². The smallest absolute Gasteiger partial charge is 0.238 e. The third-order valence-corrected chi connectivity index (χ3v) is 4.20. The zero-order chi connectivity index (χ0) is 15.2. The summed E-state index contributed by atoms with van der Waals surface area (Å²) in [7, 11) is 3.10. The molecule has 1 aromatic rings. The Balaban J connectivity index is 1.95. The first-order chi connectivity index (χ1) is 10.1. The van der Waals surface area contributed by atoms with Crippen molar-refractivity contribution in [3.63, 3.8) is 0 Å². The number of benzene rings is 1. The molecule has 0 aliphatic carbocycles. The van der Waals surface area contributed by atoms with Gasteiger partial charge in [0, 0.05) is 24.2 Å². The van der Waals surface area contributed by atoms with Crippen molar-refractivity contribution < 1.29 is 19.4 Å². The summed E-state index contributed by atoms with van der Waals surface area (Å²) in [6.45, 7) is 0.151. The number of ether oxygens (including phenoxy) is 2. The molecule has 2 unspecified atom stereocenters. The Morgan fingerprint density at radius 1 is 1.43 bits per heavy atom. The van der Waals surface area contributed by atoms with Crippen molar-refractivity contribution in [2.24, 2.45) is 0 Å². The van der Waals surface area contributed by atoms with Crippen molar-refractivity contribution in [2.45, 2.75) is 12.1 Å². The molecule has 3 N–H and O–H groups in total. The topological polar surface area (TPSA) is 79.8 Å². The number of carbonyl (C=O) groups is 1. The Labute approximate surface area is 128 Å². The van der Waals surface area contributed by atoms with Gasteiger partial charge in [0.25, 0.3) is 0 Å². The summed E-state index contributed by atoms with van der Waals surface area (Å²) in [6.07, 6.45) is -0.813. The number of hydrogen-bond acceptors (Lipinski definition) is 6. The molecule has 0 radical (unpaired) electrons. The van der Waals surface area contributed by atoms with Crippen molar-refractivity contribution >= 4 is 17.7 Å². The fourth-order valence-corrected chi connectivity index (χ4v) is 2.97. The van der Waals surface area contributed by atoms with Crippen molar-refractivity contribution in [2.75, 3.05) is 32.4 Å². The average Bonchev–Trinajstić information content (AvgIpc) is 3.06. The number of aliphatic hydroxyl groups excluding tert-OH is 1. The number of hydrogen-bond donors (Lipinski definition) is 3. The molecule has 1 heterocycles. The largest absolute Gasteiger partial charge is 0.497 e. The van der Waals surface area contributed by atoms with Gasteiger partial charge in [-0.2, -0.15) is 0 Å². The van der Waals surface area contributed by atoms with E-state index >= 15 is 0 Å². The van der Waals surface area contributed by atoms with E-state index < -0.39 is 6.10 Å². The molecule has 2 atom stereocenters. The Morgan fingerprint density at radius 2 is 2.10 bits per heavy atom. The van der Waals surface area contributed by atoms with Crippen LogP contribution in [0.2, 0.25) is 0 Å². The average molecular weight is 312 g/mol. The minimum atomic E-state index is -0.813. The van der Waals surface area contributed by atoms with E-state index in [2.05, 4.69) is 10.6 Å². The van der Waals surface area contributed by atoms with Crippen LogP contribution in [0.25, 0.3) is 0 Å². The van der Waals surface area contributed by atoms with Crippen LogP contribution in [0.1, 0.15) is 11.7 Å². The van der Waals surface area contributed by atoms with Crippen LogP contribution >= 0.6 is 11.8 Å². The van der Waals surface area contributed by atoms with Gasteiger partial charge in [-0.3, -0.25) is 10.1 Å². The van der Waals surface area contributed by atoms with E-state index in [-0.39, 0.29) is 18.5 Å². The number of nitrogens with one attached hydrogen (secondary N) is 2. The van der Waals surface area contributed by atoms with Crippen LogP contribution in [0.3, 0.4) is 0 Å². The molecule has 1 amide bonds. The maximum atomic E-state index is 11.9. The third-order valence-electron chi connectivity index (χ3n) is 3.26. The fraction of sp³-hybridized carbons (Fsp3) is 0.500. The molecule has 1 aliphatic rings. The van der Waals surface area contributed by atoms with E-state index in [4.69, 9.17) is 9.47 Å². The van der Waals surface area contributed by atoms with Crippen molar-refractivity contribution in [3.8, 4) is 11.5 Å². The van der Waals surface area contributed by atoms with E-state index in [1.54, 1.807) is 44.2 Å². The second-order valence-corrected chi connectivity index (χ2v) is 5.71. The van der Waals surface area contributed by atoms with Gasteiger partial charge in [-0.1, -0.05) is 0 Å². The van der Waals surface area contributed by atoms with Gasteiger partial charge >= 0.3 is 0 Å². The van der Waals surface area contributed by atoms with Crippen molar-refractivity contribution in [1.82, 2.24) is 10.6 Å². The molecule has 7 heteroatoms. The molecule has 0 aromatic heterocycles. The van der Waals surface area contributed by atoms with Crippen LogP contribution in [-0.4, -0.2) is 49.4 Å². The summed E-state index contributed by atoms with van der Waals surface area (Å²) in [4.78, 5) is 11.9. The van der Waals surface area contributed by atoms with Gasteiger partial charge in [0.05, 0.1) is 26.4 Å². The van der Waals surface area contributed by atoms with Gasteiger partial charge in [-0.15, -0.1) is 11.8 Å². The predicted molar refractivity (Wildman–Crippen MR) is 81.8 cm³/mol. The number of amides is 1. The minimum absolute atomic E-state index is 0.0890. The highest BCUT2D eigenvalue weighted by atomic mass is 32.2. The molecule has 0 spiro atoms. The second-order valence-electron chi connectivity index (χ2n) is 4.68. The van der Waals surface area contributed by atoms with Crippen LogP contribution in [0, 0.1) is 0 Å². The van der Waals surface area contributed by atoms with Gasteiger partial charge < -0.3 is 19.9 Å². The number of carbonyl (C=O) groups excluding carboxylic acids is 1. The van der Waals surface area contributed by atoms with Crippen LogP contribution < -0.4 is 20.1 Å². The Morgan fingerprint density at radius 3 is 2.62 bits per heavy atom. The molecule has 6 nitrogen and oxygen atoms in total. The Hall–Kier alpha value is -1.44. The summed E-state index contributed by atoms with van der Waals surface area (Å²) in [5, 5.41) is 16.0. The van der Waals surface area contributed by atoms with Gasteiger partial charge in [0.1, 0.15) is 11.5 Å². The zero-order valence-electron chi connectivity index (χ0n) is 12.1. The lowest BCUT2D eigenvalue weighted by Gasteiger charge is -2.16. The monoisotopic (exact) mass is 312 g/mol. The van der Waals surface area contributed by atoms with E-state index in [1.807, 2.05) is 0 Å². The van der Waals surface area contributed by atoms with Gasteiger partial charge in [-0.25, -0.2) is 0 Å². The number of aliphatic hydroxyl groups is 1. The first-order valence-corrected chi connectivity index (χ1v) is 7.79. The maximum absolute atomic E-state index is 11.9. The Bertz CT molecular complexity index is 470. The molecule has 2 rings (SSSR count). The second kappa shape index (κ2) is 7.53. The van der Waals surface area contributed by atoms with E-state index in [0.717, 1.165) is 11.6 Å². The zero-order valence-corrected chi connectivity index (χ0v) is 12.9. The molecular formula is C14H20N2O4S. The standard InChI is InChI=1S/C14H20N2O4S/c1-19-10-3-9(4-11(5-10)20-2)13(17)6-15-14(18)12-7-21-8-16-12/h3-5,12-13,16-17H,6-8H2,1-2H3,(H,15,18). The van der Waals surface area contributed by atoms with Gasteiger partial charge in [0.2, 0.25) is 5.91 Å². The van der Waals surface area contributed by atoms with Crippen LogP contribution in [0.15, 0.2) is 18.2 Å². The summed E-state index contributed by atoms with van der Waals surface area (Å²) < 4.78 is 10.3. The molecule has 21 heavy (non-hydrogen) atoms. The molecule has 116 valence electrons. The van der Waals surface area contributed by atoms with Gasteiger partial charge in [-0.05, 0) is 17.7 Å². The predicted octanol–water partition coefficient (Wildman–Crippen LogP) is 0.516. The summed E-state index contributed by atoms with van der Waals surface area (Å²) in [5.74, 6) is 2.66.